The molecule has 0 heterocycles. The number of unbranched alkanes of at least 4 members (excludes halogenated alkanes) is 28. The minimum atomic E-state index is -0.972. The summed E-state index contributed by atoms with van der Waals surface area (Å²) in [5.74, 6) is -0.505. The first-order valence-corrected chi connectivity index (χ1v) is 26.3. The fourth-order valence-electron chi connectivity index (χ4n) is 8.89. The number of carbonyl (C=O) groups excluding carboxylic acids is 2. The second-order valence-corrected chi connectivity index (χ2v) is 18.3. The van der Waals surface area contributed by atoms with E-state index in [1.54, 1.807) is 0 Å². The normalized spacial score (nSPS) is 12.0. The number of carbonyl (C=O) groups is 2. The molecule has 0 amide bonds. The van der Waals surface area contributed by atoms with Gasteiger partial charge >= 0.3 is 11.9 Å². The Morgan fingerprint density at radius 1 is 0.381 bits per heavy atom. The highest BCUT2D eigenvalue weighted by Gasteiger charge is 2.38. The van der Waals surface area contributed by atoms with Crippen molar-refractivity contribution in [2.45, 2.75) is 231 Å². The van der Waals surface area contributed by atoms with E-state index in [9.17, 15) is 9.59 Å². The lowest BCUT2D eigenvalue weighted by Gasteiger charge is -2.37. The first-order chi connectivity index (χ1) is 31.1. The van der Waals surface area contributed by atoms with Gasteiger partial charge in [-0.15, -0.1) is 0 Å². The standard InChI is InChI=1S/C58H90O5/c1-3-5-7-9-11-13-15-17-19-21-23-25-27-29-40-48-56(59)61-50-55(63-57(60)49-41-30-28-26-24-22-20-18-16-14-12-10-8-6-4-2)51-62-58(52-42-34-31-35-43-52,53-44-36-32-37-45-53)54-46-38-33-39-47-54/h31-39,42-47,55H,3-30,40-41,48-51H2,1-2H3/t55-/m0/s1. The summed E-state index contributed by atoms with van der Waals surface area (Å²) in [6, 6.07) is 30.6. The van der Waals surface area contributed by atoms with Crippen molar-refractivity contribution in [1.29, 1.82) is 0 Å². The van der Waals surface area contributed by atoms with Gasteiger partial charge < -0.3 is 14.2 Å². The third kappa shape index (κ3) is 24.4. The summed E-state index contributed by atoms with van der Waals surface area (Å²) >= 11 is 0. The second-order valence-electron chi connectivity index (χ2n) is 18.3. The van der Waals surface area contributed by atoms with E-state index in [1.807, 2.05) is 54.6 Å². The minimum absolute atomic E-state index is 0.0311. The topological polar surface area (TPSA) is 61.8 Å². The van der Waals surface area contributed by atoms with Crippen LogP contribution in [0.1, 0.15) is 236 Å². The van der Waals surface area contributed by atoms with Gasteiger partial charge in [0.1, 0.15) is 12.2 Å². The zero-order chi connectivity index (χ0) is 44.7. The Bertz CT molecular complexity index is 1390. The molecule has 3 rings (SSSR count). The maximum atomic E-state index is 13.4. The first kappa shape index (κ1) is 53.9. The van der Waals surface area contributed by atoms with Crippen molar-refractivity contribution in [3.63, 3.8) is 0 Å². The van der Waals surface area contributed by atoms with E-state index in [2.05, 4.69) is 50.2 Å². The Morgan fingerprint density at radius 2 is 0.667 bits per heavy atom. The molecule has 63 heavy (non-hydrogen) atoms. The Balaban J connectivity index is 1.47. The first-order valence-electron chi connectivity index (χ1n) is 26.3. The third-order valence-corrected chi connectivity index (χ3v) is 12.7. The smallest absolute Gasteiger partial charge is 0.306 e. The molecule has 0 spiro atoms. The SMILES string of the molecule is CCCCCCCCCCCCCCCCCC(=O)OC[C@@H](COC(c1ccccc1)(c1ccccc1)c1ccccc1)OC(=O)CCCCCCCCCCCCCCCCC. The van der Waals surface area contributed by atoms with Crippen LogP contribution >= 0.6 is 0 Å². The summed E-state index contributed by atoms with van der Waals surface area (Å²) in [5, 5.41) is 0. The minimum Gasteiger partial charge on any atom is -0.462 e. The highest BCUT2D eigenvalue weighted by molar-refractivity contribution is 5.70. The quantitative estimate of drug-likeness (QED) is 0.0323. The van der Waals surface area contributed by atoms with E-state index in [1.165, 1.54) is 154 Å². The van der Waals surface area contributed by atoms with Crippen molar-refractivity contribution in [1.82, 2.24) is 0 Å². The average Bonchev–Trinajstić information content (AvgIpc) is 3.31. The van der Waals surface area contributed by atoms with E-state index in [4.69, 9.17) is 14.2 Å². The Morgan fingerprint density at radius 3 is 0.984 bits per heavy atom. The van der Waals surface area contributed by atoms with Crippen molar-refractivity contribution in [3.05, 3.63) is 108 Å². The lowest BCUT2D eigenvalue weighted by molar-refractivity contribution is -0.165. The van der Waals surface area contributed by atoms with Crippen molar-refractivity contribution >= 4 is 11.9 Å². The second kappa shape index (κ2) is 36.9. The zero-order valence-corrected chi connectivity index (χ0v) is 40.3. The lowest BCUT2D eigenvalue weighted by Crippen LogP contribution is -2.38. The summed E-state index contributed by atoms with van der Waals surface area (Å²) in [6.07, 6.45) is 38.4. The molecule has 1 atom stereocenters. The number of esters is 2. The van der Waals surface area contributed by atoms with Crippen LogP contribution in [-0.4, -0.2) is 31.3 Å². The number of hydrogen-bond acceptors (Lipinski definition) is 5. The number of ether oxygens (including phenoxy) is 3. The molecular weight excluding hydrogens is 777 g/mol. The van der Waals surface area contributed by atoms with E-state index < -0.39 is 11.7 Å². The molecule has 3 aromatic rings. The molecule has 0 aliphatic heterocycles. The van der Waals surface area contributed by atoms with E-state index in [-0.39, 0.29) is 25.2 Å². The molecular formula is C58H90O5. The van der Waals surface area contributed by atoms with Gasteiger partial charge in [0, 0.05) is 12.8 Å². The third-order valence-electron chi connectivity index (χ3n) is 12.7. The van der Waals surface area contributed by atoms with Gasteiger partial charge in [-0.25, -0.2) is 0 Å². The van der Waals surface area contributed by atoms with Crippen LogP contribution in [0.25, 0.3) is 0 Å². The molecule has 0 bridgehead atoms. The van der Waals surface area contributed by atoms with Gasteiger partial charge in [0.25, 0.3) is 0 Å². The molecule has 0 aliphatic rings. The maximum Gasteiger partial charge on any atom is 0.306 e. The van der Waals surface area contributed by atoms with Crippen LogP contribution in [0, 0.1) is 0 Å². The maximum absolute atomic E-state index is 13.4. The predicted octanol–water partition coefficient (Wildman–Crippen LogP) is 17.0. The molecule has 0 fully saturated rings. The molecule has 0 saturated carbocycles. The fourth-order valence-corrected chi connectivity index (χ4v) is 8.89. The van der Waals surface area contributed by atoms with Crippen molar-refractivity contribution < 1.29 is 23.8 Å². The summed E-state index contributed by atoms with van der Waals surface area (Å²) in [6.45, 7) is 4.59. The van der Waals surface area contributed by atoms with E-state index >= 15 is 0 Å². The summed E-state index contributed by atoms with van der Waals surface area (Å²) in [4.78, 5) is 26.4. The van der Waals surface area contributed by atoms with Crippen LogP contribution < -0.4 is 0 Å². The van der Waals surface area contributed by atoms with Crippen LogP contribution in [-0.2, 0) is 29.4 Å². The van der Waals surface area contributed by atoms with Crippen LogP contribution in [0.3, 0.4) is 0 Å². The molecule has 0 N–H and O–H groups in total. The van der Waals surface area contributed by atoms with Gasteiger partial charge in [0.05, 0.1) is 6.61 Å². The number of benzene rings is 3. The van der Waals surface area contributed by atoms with Gasteiger partial charge in [-0.3, -0.25) is 9.59 Å². The van der Waals surface area contributed by atoms with Gasteiger partial charge in [-0.2, -0.15) is 0 Å². The van der Waals surface area contributed by atoms with Crippen molar-refractivity contribution in [2.24, 2.45) is 0 Å². The van der Waals surface area contributed by atoms with Gasteiger partial charge in [-0.05, 0) is 29.5 Å². The van der Waals surface area contributed by atoms with Gasteiger partial charge in [0.2, 0.25) is 0 Å². The van der Waals surface area contributed by atoms with E-state index in [0.29, 0.717) is 12.8 Å². The van der Waals surface area contributed by atoms with Crippen LogP contribution in [0.4, 0.5) is 0 Å². The van der Waals surface area contributed by atoms with Crippen LogP contribution in [0.5, 0.6) is 0 Å². The van der Waals surface area contributed by atoms with E-state index in [0.717, 1.165) is 55.2 Å². The summed E-state index contributed by atoms with van der Waals surface area (Å²) in [7, 11) is 0. The zero-order valence-electron chi connectivity index (χ0n) is 40.3. The lowest BCUT2D eigenvalue weighted by atomic mass is 9.80. The monoisotopic (exact) mass is 867 g/mol. The molecule has 0 aliphatic carbocycles. The van der Waals surface area contributed by atoms with Crippen molar-refractivity contribution in [3.8, 4) is 0 Å². The fraction of sp³-hybridized carbons (Fsp3) is 0.655. The predicted molar refractivity (Wildman–Crippen MR) is 265 cm³/mol. The summed E-state index contributed by atoms with van der Waals surface area (Å²) < 4.78 is 19.0. The van der Waals surface area contributed by atoms with Crippen LogP contribution in [0.15, 0.2) is 91.0 Å². The molecule has 0 saturated heterocycles. The molecule has 0 radical (unpaired) electrons. The largest absolute Gasteiger partial charge is 0.462 e. The highest BCUT2D eigenvalue weighted by atomic mass is 16.6. The van der Waals surface area contributed by atoms with Crippen molar-refractivity contribution in [2.75, 3.05) is 13.2 Å². The molecule has 0 unspecified atom stereocenters. The molecule has 3 aromatic carbocycles. The number of rotatable bonds is 41. The average molecular weight is 867 g/mol. The highest BCUT2D eigenvalue weighted by Crippen LogP contribution is 2.40. The van der Waals surface area contributed by atoms with Gasteiger partial charge in [-0.1, -0.05) is 285 Å². The Kier molecular flexibility index (Phi) is 31.5. The number of hydrogen-bond donors (Lipinski definition) is 0. The summed E-state index contributed by atoms with van der Waals surface area (Å²) in [5.41, 5.74) is 1.93. The van der Waals surface area contributed by atoms with Crippen LogP contribution in [0.2, 0.25) is 0 Å². The molecule has 352 valence electrons. The molecule has 5 nitrogen and oxygen atoms in total. The Hall–Kier alpha value is -3.44. The molecule has 5 heteroatoms. The molecule has 0 aromatic heterocycles. The Labute approximate surface area is 386 Å². The van der Waals surface area contributed by atoms with Gasteiger partial charge in [0.15, 0.2) is 6.10 Å².